The Hall–Kier alpha value is -2.13. The summed E-state index contributed by atoms with van der Waals surface area (Å²) in [5, 5.41) is 6.23. The molecule has 0 bridgehead atoms. The van der Waals surface area contributed by atoms with Gasteiger partial charge >= 0.3 is 0 Å². The average molecular weight is 550 g/mol. The van der Waals surface area contributed by atoms with Crippen LogP contribution in [0.25, 0.3) is 0 Å². The van der Waals surface area contributed by atoms with Crippen LogP contribution in [0.15, 0.2) is 59.6 Å². The van der Waals surface area contributed by atoms with Crippen molar-refractivity contribution < 1.29 is 9.53 Å². The normalized spacial score (nSPS) is 15.9. The molecule has 0 saturated carbocycles. The molecule has 1 aliphatic heterocycles. The van der Waals surface area contributed by atoms with Gasteiger partial charge in [0.2, 0.25) is 0 Å². The molecule has 2 N–H and O–H groups in total. The monoisotopic (exact) mass is 550 g/mol. The van der Waals surface area contributed by atoms with Crippen molar-refractivity contribution >= 4 is 35.8 Å². The Morgan fingerprint density at radius 3 is 2.44 bits per heavy atom. The van der Waals surface area contributed by atoms with Crippen molar-refractivity contribution in [2.45, 2.75) is 33.4 Å². The van der Waals surface area contributed by atoms with Crippen LogP contribution < -0.4 is 10.6 Å². The summed E-state index contributed by atoms with van der Waals surface area (Å²) in [7, 11) is 0. The number of aliphatic imine (C=N–C) groups is 1. The van der Waals surface area contributed by atoms with E-state index in [0.717, 1.165) is 44.2 Å². The minimum atomic E-state index is -0.0384. The summed E-state index contributed by atoms with van der Waals surface area (Å²) in [5.74, 6) is 1.42. The predicted molar refractivity (Wildman–Crippen MR) is 140 cm³/mol. The van der Waals surface area contributed by atoms with Gasteiger partial charge in [0.25, 0.3) is 5.91 Å². The second-order valence-corrected chi connectivity index (χ2v) is 7.83. The minimum absolute atomic E-state index is 0. The van der Waals surface area contributed by atoms with Crippen molar-refractivity contribution in [3.05, 3.63) is 71.3 Å². The van der Waals surface area contributed by atoms with Crippen LogP contribution in [0.4, 0.5) is 0 Å². The van der Waals surface area contributed by atoms with Gasteiger partial charge in [0.15, 0.2) is 5.96 Å². The molecule has 0 radical (unpaired) electrons. The van der Waals surface area contributed by atoms with Crippen molar-refractivity contribution in [2.24, 2.45) is 10.9 Å². The maximum Gasteiger partial charge on any atom is 0.251 e. The lowest BCUT2D eigenvalue weighted by molar-refractivity contribution is 0.0906. The van der Waals surface area contributed by atoms with Crippen LogP contribution in [0.1, 0.15) is 41.8 Å². The van der Waals surface area contributed by atoms with E-state index >= 15 is 0 Å². The molecule has 32 heavy (non-hydrogen) atoms. The first kappa shape index (κ1) is 26.1. The summed E-state index contributed by atoms with van der Waals surface area (Å²) < 4.78 is 5.95. The molecule has 1 unspecified atom stereocenters. The van der Waals surface area contributed by atoms with Crippen molar-refractivity contribution in [3.8, 4) is 0 Å². The van der Waals surface area contributed by atoms with Gasteiger partial charge in [0.1, 0.15) is 0 Å². The lowest BCUT2D eigenvalue weighted by Crippen LogP contribution is -2.40. The summed E-state index contributed by atoms with van der Waals surface area (Å²) in [6, 6.07) is 18.0. The Kier molecular flexibility index (Phi) is 11.5. The molecule has 174 valence electrons. The van der Waals surface area contributed by atoms with E-state index in [1.807, 2.05) is 49.4 Å². The zero-order chi connectivity index (χ0) is 21.9. The Bertz CT molecular complexity index is 843. The van der Waals surface area contributed by atoms with E-state index in [1.165, 1.54) is 5.56 Å². The van der Waals surface area contributed by atoms with Crippen molar-refractivity contribution in [2.75, 3.05) is 32.8 Å². The molecule has 1 amide bonds. The van der Waals surface area contributed by atoms with Gasteiger partial charge in [-0.2, -0.15) is 0 Å². The number of nitrogens with zero attached hydrogens (tertiary/aromatic N) is 2. The fourth-order valence-electron chi connectivity index (χ4n) is 3.69. The molecule has 1 heterocycles. The molecule has 1 aliphatic rings. The van der Waals surface area contributed by atoms with Gasteiger partial charge in [-0.05, 0) is 43.5 Å². The number of carbonyl (C=O) groups excluding carboxylic acids is 1. The fraction of sp³-hybridized carbons (Fsp3) is 0.440. The first-order valence-corrected chi connectivity index (χ1v) is 11.2. The van der Waals surface area contributed by atoms with Crippen LogP contribution in [0.5, 0.6) is 0 Å². The van der Waals surface area contributed by atoms with E-state index in [2.05, 4.69) is 34.6 Å². The third kappa shape index (κ3) is 8.09. The highest BCUT2D eigenvalue weighted by Gasteiger charge is 2.25. The molecule has 2 aromatic rings. The first-order valence-electron chi connectivity index (χ1n) is 11.2. The third-order valence-corrected chi connectivity index (χ3v) is 5.35. The lowest BCUT2D eigenvalue weighted by Gasteiger charge is -2.21. The summed E-state index contributed by atoms with van der Waals surface area (Å²) in [5.41, 5.74) is 2.98. The summed E-state index contributed by atoms with van der Waals surface area (Å²) >= 11 is 0. The number of hydrogen-bond acceptors (Lipinski definition) is 3. The number of nitrogens with one attached hydrogen (secondary N) is 2. The second-order valence-electron chi connectivity index (χ2n) is 7.83. The summed E-state index contributed by atoms with van der Waals surface area (Å²) in [6.07, 6.45) is 1.11. The van der Waals surface area contributed by atoms with Crippen LogP contribution in [-0.4, -0.2) is 49.6 Å². The van der Waals surface area contributed by atoms with Crippen LogP contribution in [-0.2, 0) is 17.9 Å². The molecule has 3 rings (SSSR count). The number of halogens is 1. The molecule has 7 heteroatoms. The molecule has 0 aromatic heterocycles. The number of likely N-dealkylation sites (tertiary alicyclic amines) is 1. The van der Waals surface area contributed by atoms with E-state index in [-0.39, 0.29) is 29.9 Å². The smallest absolute Gasteiger partial charge is 0.251 e. The lowest BCUT2D eigenvalue weighted by atomic mass is 10.1. The number of guanidine groups is 1. The number of amides is 1. The van der Waals surface area contributed by atoms with E-state index in [0.29, 0.717) is 31.2 Å². The topological polar surface area (TPSA) is 66.0 Å². The largest absolute Gasteiger partial charge is 0.376 e. The minimum Gasteiger partial charge on any atom is -0.376 e. The Labute approximate surface area is 208 Å². The molecule has 1 atom stereocenters. The van der Waals surface area contributed by atoms with Gasteiger partial charge in [-0.1, -0.05) is 42.5 Å². The van der Waals surface area contributed by atoms with E-state index < -0.39 is 0 Å². The standard InChI is InChI=1S/C25H34N4O2.HI/c1-3-26-24(30)23-12-10-20(11-13-23)16-28-25(27-4-2)29-15-14-22(17-29)19-31-18-21-8-6-5-7-9-21;/h5-13,22H,3-4,14-19H2,1-2H3,(H,26,30)(H,27,28);1H. The second kappa shape index (κ2) is 14.1. The van der Waals surface area contributed by atoms with Gasteiger partial charge in [0.05, 0.1) is 19.8 Å². The Morgan fingerprint density at radius 2 is 1.75 bits per heavy atom. The van der Waals surface area contributed by atoms with Gasteiger partial charge in [-0.15, -0.1) is 24.0 Å². The summed E-state index contributed by atoms with van der Waals surface area (Å²) in [4.78, 5) is 19.1. The Balaban J connectivity index is 0.00000363. The number of rotatable bonds is 9. The number of hydrogen-bond donors (Lipinski definition) is 2. The predicted octanol–water partition coefficient (Wildman–Crippen LogP) is 4.06. The number of benzene rings is 2. The van der Waals surface area contributed by atoms with Crippen LogP contribution in [0.3, 0.4) is 0 Å². The highest BCUT2D eigenvalue weighted by atomic mass is 127. The first-order chi connectivity index (χ1) is 15.2. The van der Waals surface area contributed by atoms with Gasteiger partial charge in [-0.25, -0.2) is 4.99 Å². The van der Waals surface area contributed by atoms with Crippen molar-refractivity contribution in [3.63, 3.8) is 0 Å². The maximum atomic E-state index is 11.9. The van der Waals surface area contributed by atoms with Crippen LogP contribution in [0.2, 0.25) is 0 Å². The van der Waals surface area contributed by atoms with Gasteiger partial charge in [0, 0.05) is 37.7 Å². The van der Waals surface area contributed by atoms with Gasteiger partial charge in [-0.3, -0.25) is 4.79 Å². The third-order valence-electron chi connectivity index (χ3n) is 5.35. The highest BCUT2D eigenvalue weighted by molar-refractivity contribution is 14.0. The van der Waals surface area contributed by atoms with E-state index in [9.17, 15) is 4.79 Å². The molecule has 0 spiro atoms. The number of ether oxygens (including phenoxy) is 1. The Morgan fingerprint density at radius 1 is 1.03 bits per heavy atom. The average Bonchev–Trinajstić information content (AvgIpc) is 3.26. The van der Waals surface area contributed by atoms with Gasteiger partial charge < -0.3 is 20.3 Å². The summed E-state index contributed by atoms with van der Waals surface area (Å²) in [6.45, 7) is 9.44. The molecule has 2 aromatic carbocycles. The van der Waals surface area contributed by atoms with Crippen molar-refractivity contribution in [1.82, 2.24) is 15.5 Å². The molecule has 1 saturated heterocycles. The zero-order valence-electron chi connectivity index (χ0n) is 19.0. The molecular weight excluding hydrogens is 515 g/mol. The van der Waals surface area contributed by atoms with E-state index in [1.54, 1.807) is 0 Å². The molecule has 1 fully saturated rings. The molecular formula is C25H35IN4O2. The van der Waals surface area contributed by atoms with E-state index in [4.69, 9.17) is 9.73 Å². The highest BCUT2D eigenvalue weighted by Crippen LogP contribution is 2.18. The van der Waals surface area contributed by atoms with Crippen LogP contribution >= 0.6 is 24.0 Å². The quantitative estimate of drug-likeness (QED) is 0.281. The van der Waals surface area contributed by atoms with Crippen molar-refractivity contribution in [1.29, 1.82) is 0 Å². The molecule has 6 nitrogen and oxygen atoms in total. The maximum absolute atomic E-state index is 11.9. The molecule has 0 aliphatic carbocycles. The van der Waals surface area contributed by atoms with Crippen LogP contribution in [0, 0.1) is 5.92 Å². The fourth-order valence-corrected chi connectivity index (χ4v) is 3.69. The zero-order valence-corrected chi connectivity index (χ0v) is 21.4. The SMILES string of the molecule is CCNC(=O)c1ccc(CN=C(NCC)N2CCC(COCc3ccccc3)C2)cc1.I. The number of carbonyl (C=O) groups is 1.